The minimum atomic E-state index is -0.439. The van der Waals surface area contributed by atoms with Gasteiger partial charge in [0, 0.05) is 5.92 Å². The van der Waals surface area contributed by atoms with E-state index in [9.17, 15) is 5.11 Å². The van der Waals surface area contributed by atoms with Crippen molar-refractivity contribution in [3.63, 3.8) is 0 Å². The lowest BCUT2D eigenvalue weighted by molar-refractivity contribution is 0.0618. The fourth-order valence-corrected chi connectivity index (χ4v) is 2.61. The Hall–Kier alpha value is -1.34. The molecule has 1 aliphatic rings. The smallest absolute Gasteiger partial charge is 0.0841 e. The standard InChI is InChI=1S/C18H24O/c1-12-10-11-14(13(12)2)15-8-6-7-9-16(15)17(19)18(3,4)5/h6-11,14,17,19H,1-5H3. The molecule has 19 heavy (non-hydrogen) atoms. The van der Waals surface area contributed by atoms with Crippen LogP contribution in [0.3, 0.4) is 0 Å². The van der Waals surface area contributed by atoms with Gasteiger partial charge in [0.15, 0.2) is 0 Å². The van der Waals surface area contributed by atoms with Crippen LogP contribution in [0.4, 0.5) is 0 Å². The zero-order chi connectivity index (χ0) is 14.2. The van der Waals surface area contributed by atoms with Gasteiger partial charge in [-0.15, -0.1) is 0 Å². The first-order chi connectivity index (χ1) is 8.82. The molecular weight excluding hydrogens is 232 g/mol. The maximum Gasteiger partial charge on any atom is 0.0841 e. The van der Waals surface area contributed by atoms with Gasteiger partial charge >= 0.3 is 0 Å². The summed E-state index contributed by atoms with van der Waals surface area (Å²) in [5, 5.41) is 10.6. The normalized spacial score (nSPS) is 21.1. The van der Waals surface area contributed by atoms with Crippen LogP contribution in [-0.2, 0) is 0 Å². The number of benzene rings is 1. The van der Waals surface area contributed by atoms with E-state index in [1.165, 1.54) is 16.7 Å². The number of aliphatic hydroxyl groups is 1. The van der Waals surface area contributed by atoms with Crippen LogP contribution in [0.2, 0.25) is 0 Å². The third-order valence-electron chi connectivity index (χ3n) is 4.07. The van der Waals surface area contributed by atoms with E-state index in [0.717, 1.165) is 5.56 Å². The summed E-state index contributed by atoms with van der Waals surface area (Å²) in [4.78, 5) is 0. The number of hydrogen-bond donors (Lipinski definition) is 1. The summed E-state index contributed by atoms with van der Waals surface area (Å²) in [5.74, 6) is 0.313. The molecular formula is C18H24O. The van der Waals surface area contributed by atoms with Gasteiger partial charge in [-0.1, -0.05) is 68.3 Å². The first-order valence-corrected chi connectivity index (χ1v) is 6.95. The second kappa shape index (κ2) is 4.97. The maximum absolute atomic E-state index is 10.6. The Balaban J connectivity index is 2.47. The van der Waals surface area contributed by atoms with Gasteiger partial charge in [-0.3, -0.25) is 0 Å². The Morgan fingerprint density at radius 2 is 1.74 bits per heavy atom. The van der Waals surface area contributed by atoms with Crippen molar-refractivity contribution < 1.29 is 5.11 Å². The fraction of sp³-hybridized carbons (Fsp3) is 0.444. The van der Waals surface area contributed by atoms with Crippen LogP contribution in [-0.4, -0.2) is 5.11 Å². The van der Waals surface area contributed by atoms with Crippen LogP contribution in [0, 0.1) is 5.41 Å². The van der Waals surface area contributed by atoms with Crippen molar-refractivity contribution in [3.8, 4) is 0 Å². The minimum Gasteiger partial charge on any atom is -0.388 e. The lowest BCUT2D eigenvalue weighted by Gasteiger charge is -2.29. The third kappa shape index (κ3) is 2.66. The highest BCUT2D eigenvalue weighted by Gasteiger charge is 2.28. The second-order valence-corrected chi connectivity index (χ2v) is 6.60. The molecule has 0 radical (unpaired) electrons. The number of rotatable bonds is 2. The molecule has 2 rings (SSSR count). The van der Waals surface area contributed by atoms with Crippen molar-refractivity contribution >= 4 is 0 Å². The van der Waals surface area contributed by atoms with E-state index in [0.29, 0.717) is 5.92 Å². The number of aliphatic hydroxyl groups excluding tert-OH is 1. The molecule has 0 heterocycles. The van der Waals surface area contributed by atoms with Crippen molar-refractivity contribution in [1.82, 2.24) is 0 Å². The van der Waals surface area contributed by atoms with E-state index >= 15 is 0 Å². The molecule has 102 valence electrons. The first kappa shape index (κ1) is 14.1. The first-order valence-electron chi connectivity index (χ1n) is 6.95. The molecule has 0 fully saturated rings. The van der Waals surface area contributed by atoms with Crippen molar-refractivity contribution in [1.29, 1.82) is 0 Å². The molecule has 0 aliphatic heterocycles. The summed E-state index contributed by atoms with van der Waals surface area (Å²) >= 11 is 0. The Morgan fingerprint density at radius 3 is 2.26 bits per heavy atom. The molecule has 0 spiro atoms. The van der Waals surface area contributed by atoms with E-state index in [2.05, 4.69) is 65.0 Å². The summed E-state index contributed by atoms with van der Waals surface area (Å²) in [6, 6.07) is 8.27. The predicted molar refractivity (Wildman–Crippen MR) is 81.1 cm³/mol. The molecule has 1 aliphatic carbocycles. The van der Waals surface area contributed by atoms with Crippen LogP contribution in [0.1, 0.15) is 57.8 Å². The van der Waals surface area contributed by atoms with Crippen molar-refractivity contribution in [2.24, 2.45) is 5.41 Å². The summed E-state index contributed by atoms with van der Waals surface area (Å²) < 4.78 is 0. The lowest BCUT2D eigenvalue weighted by atomic mass is 9.79. The third-order valence-corrected chi connectivity index (χ3v) is 4.07. The van der Waals surface area contributed by atoms with E-state index < -0.39 is 6.10 Å². The number of allylic oxidation sites excluding steroid dienone is 4. The van der Waals surface area contributed by atoms with Gasteiger partial charge in [0.2, 0.25) is 0 Å². The van der Waals surface area contributed by atoms with Crippen LogP contribution in [0.5, 0.6) is 0 Å². The van der Waals surface area contributed by atoms with Crippen LogP contribution in [0.25, 0.3) is 0 Å². The van der Waals surface area contributed by atoms with Crippen LogP contribution >= 0.6 is 0 Å². The zero-order valence-corrected chi connectivity index (χ0v) is 12.6. The lowest BCUT2D eigenvalue weighted by Crippen LogP contribution is -2.19. The maximum atomic E-state index is 10.6. The van der Waals surface area contributed by atoms with Gasteiger partial charge in [0.25, 0.3) is 0 Å². The zero-order valence-electron chi connectivity index (χ0n) is 12.6. The fourth-order valence-electron chi connectivity index (χ4n) is 2.61. The summed E-state index contributed by atoms with van der Waals surface area (Å²) in [7, 11) is 0. The van der Waals surface area contributed by atoms with Gasteiger partial charge in [-0.05, 0) is 30.4 Å². The average Bonchev–Trinajstić information content (AvgIpc) is 2.68. The Labute approximate surface area is 116 Å². The SMILES string of the molecule is CC1=C(C)C(c2ccccc2C(O)C(C)(C)C)C=C1. The molecule has 0 saturated heterocycles. The predicted octanol–water partition coefficient (Wildman–Crippen LogP) is 4.76. The van der Waals surface area contributed by atoms with Crippen LogP contribution < -0.4 is 0 Å². The Bertz CT molecular complexity index is 529. The largest absolute Gasteiger partial charge is 0.388 e. The topological polar surface area (TPSA) is 20.2 Å². The van der Waals surface area contributed by atoms with Gasteiger partial charge in [0.1, 0.15) is 0 Å². The van der Waals surface area contributed by atoms with Crippen molar-refractivity contribution in [3.05, 3.63) is 58.7 Å². The van der Waals surface area contributed by atoms with E-state index in [1.54, 1.807) is 0 Å². The summed E-state index contributed by atoms with van der Waals surface area (Å²) in [5.41, 5.74) is 4.86. The highest BCUT2D eigenvalue weighted by molar-refractivity contribution is 5.47. The molecule has 1 heteroatoms. The monoisotopic (exact) mass is 256 g/mol. The summed E-state index contributed by atoms with van der Waals surface area (Å²) in [6.07, 6.45) is 3.98. The van der Waals surface area contributed by atoms with Gasteiger partial charge in [-0.25, -0.2) is 0 Å². The molecule has 1 nitrogen and oxygen atoms in total. The molecule has 0 saturated carbocycles. The van der Waals surface area contributed by atoms with Gasteiger partial charge < -0.3 is 5.11 Å². The minimum absolute atomic E-state index is 0.148. The molecule has 2 unspecified atom stereocenters. The summed E-state index contributed by atoms with van der Waals surface area (Å²) in [6.45, 7) is 10.6. The Morgan fingerprint density at radius 1 is 1.11 bits per heavy atom. The average molecular weight is 256 g/mol. The van der Waals surface area contributed by atoms with Crippen LogP contribution in [0.15, 0.2) is 47.6 Å². The molecule has 1 aromatic carbocycles. The molecule has 0 amide bonds. The molecule has 0 bridgehead atoms. The molecule has 1 N–H and O–H groups in total. The van der Waals surface area contributed by atoms with E-state index in [-0.39, 0.29) is 5.41 Å². The van der Waals surface area contributed by atoms with Gasteiger partial charge in [-0.2, -0.15) is 0 Å². The van der Waals surface area contributed by atoms with Gasteiger partial charge in [0.05, 0.1) is 6.10 Å². The van der Waals surface area contributed by atoms with E-state index in [1.807, 2.05) is 6.07 Å². The number of hydrogen-bond acceptors (Lipinski definition) is 1. The molecule has 0 aromatic heterocycles. The van der Waals surface area contributed by atoms with Crippen molar-refractivity contribution in [2.45, 2.75) is 46.6 Å². The quantitative estimate of drug-likeness (QED) is 0.809. The van der Waals surface area contributed by atoms with E-state index in [4.69, 9.17) is 0 Å². The highest BCUT2D eigenvalue weighted by Crippen LogP contribution is 2.41. The molecule has 2 atom stereocenters. The van der Waals surface area contributed by atoms with Crippen molar-refractivity contribution in [2.75, 3.05) is 0 Å². The Kier molecular flexibility index (Phi) is 3.69. The highest BCUT2D eigenvalue weighted by atomic mass is 16.3. The second-order valence-electron chi connectivity index (χ2n) is 6.60. The molecule has 1 aromatic rings.